The van der Waals surface area contributed by atoms with Crippen LogP contribution >= 0.6 is 0 Å². The standard InChI is InChI=1S/C19H27N3O2/c1-11-20-18(24-21-11)14-3-2-4-22(10-14)19(23)17-15-6-12-5-13(8-15)9-16(17)7-12/h12-17H,2-10H2,1H3/t12?,13?,14-,15?,16?,17?/m0/s1. The third-order valence-corrected chi connectivity index (χ3v) is 7.14. The van der Waals surface area contributed by atoms with Gasteiger partial charge in [-0.3, -0.25) is 4.79 Å². The number of hydrogen-bond acceptors (Lipinski definition) is 4. The Morgan fingerprint density at radius 1 is 1.12 bits per heavy atom. The smallest absolute Gasteiger partial charge is 0.231 e. The first-order valence-electron chi connectivity index (χ1n) is 9.76. The van der Waals surface area contributed by atoms with Gasteiger partial charge in [-0.05, 0) is 75.5 Å². The zero-order chi connectivity index (χ0) is 16.3. The number of piperidine rings is 1. The second-order valence-electron chi connectivity index (χ2n) is 8.76. The minimum atomic E-state index is 0.223. The number of nitrogens with zero attached hydrogens (tertiary/aromatic N) is 3. The Kier molecular flexibility index (Phi) is 3.46. The van der Waals surface area contributed by atoms with Crippen molar-refractivity contribution in [3.8, 4) is 0 Å². The molecule has 6 rings (SSSR count). The zero-order valence-corrected chi connectivity index (χ0v) is 14.5. The maximum absolute atomic E-state index is 13.3. The van der Waals surface area contributed by atoms with E-state index in [0.717, 1.165) is 43.7 Å². The molecular formula is C19H27N3O2. The van der Waals surface area contributed by atoms with Crippen molar-refractivity contribution in [3.63, 3.8) is 0 Å². The van der Waals surface area contributed by atoms with Gasteiger partial charge in [-0.25, -0.2) is 0 Å². The molecule has 24 heavy (non-hydrogen) atoms. The summed E-state index contributed by atoms with van der Waals surface area (Å²) in [6, 6.07) is 0. The lowest BCUT2D eigenvalue weighted by Gasteiger charge is -2.54. The van der Waals surface area contributed by atoms with E-state index in [-0.39, 0.29) is 5.92 Å². The molecule has 5 fully saturated rings. The normalized spacial score (nSPS) is 41.0. The van der Waals surface area contributed by atoms with Gasteiger partial charge in [0.2, 0.25) is 11.8 Å². The first kappa shape index (κ1) is 14.9. The molecule has 1 aromatic rings. The van der Waals surface area contributed by atoms with Crippen LogP contribution < -0.4 is 0 Å². The van der Waals surface area contributed by atoms with E-state index in [9.17, 15) is 4.79 Å². The molecule has 0 aromatic carbocycles. The number of rotatable bonds is 2. The quantitative estimate of drug-likeness (QED) is 0.836. The predicted octanol–water partition coefficient (Wildman–Crippen LogP) is 3.16. The summed E-state index contributed by atoms with van der Waals surface area (Å²) in [5, 5.41) is 3.92. The van der Waals surface area contributed by atoms with Crippen LogP contribution in [-0.2, 0) is 4.79 Å². The number of aryl methyl sites for hydroxylation is 1. The molecule has 5 nitrogen and oxygen atoms in total. The van der Waals surface area contributed by atoms with Gasteiger partial charge in [0, 0.05) is 19.0 Å². The van der Waals surface area contributed by atoms with Crippen LogP contribution in [0.2, 0.25) is 0 Å². The van der Waals surface area contributed by atoms with Gasteiger partial charge < -0.3 is 9.42 Å². The second-order valence-corrected chi connectivity index (χ2v) is 8.76. The summed E-state index contributed by atoms with van der Waals surface area (Å²) in [4.78, 5) is 19.9. The first-order valence-corrected chi connectivity index (χ1v) is 9.76. The van der Waals surface area contributed by atoms with Crippen molar-refractivity contribution in [2.45, 2.75) is 57.8 Å². The Labute approximate surface area is 143 Å². The molecule has 4 aliphatic carbocycles. The molecule has 0 spiro atoms. The lowest BCUT2D eigenvalue weighted by atomic mass is 9.51. The van der Waals surface area contributed by atoms with Crippen molar-refractivity contribution in [3.05, 3.63) is 11.7 Å². The predicted molar refractivity (Wildman–Crippen MR) is 88.1 cm³/mol. The number of amides is 1. The van der Waals surface area contributed by atoms with Crippen LogP contribution in [-0.4, -0.2) is 34.0 Å². The molecule has 2 heterocycles. The maximum Gasteiger partial charge on any atom is 0.231 e. The lowest BCUT2D eigenvalue weighted by molar-refractivity contribution is -0.150. The summed E-state index contributed by atoms with van der Waals surface area (Å²) in [6.07, 6.45) is 8.77. The highest BCUT2D eigenvalue weighted by molar-refractivity contribution is 5.80. The van der Waals surface area contributed by atoms with Crippen LogP contribution in [0.25, 0.3) is 0 Å². The minimum Gasteiger partial charge on any atom is -0.342 e. The summed E-state index contributed by atoms with van der Waals surface area (Å²) in [7, 11) is 0. The summed E-state index contributed by atoms with van der Waals surface area (Å²) >= 11 is 0. The van der Waals surface area contributed by atoms with E-state index in [1.807, 2.05) is 6.92 Å². The summed E-state index contributed by atoms with van der Waals surface area (Å²) in [5.74, 6) is 5.55. The number of likely N-dealkylation sites (tertiary alicyclic amines) is 1. The van der Waals surface area contributed by atoms with Gasteiger partial charge in [-0.2, -0.15) is 4.98 Å². The largest absolute Gasteiger partial charge is 0.342 e. The second kappa shape index (κ2) is 5.57. The van der Waals surface area contributed by atoms with Crippen molar-refractivity contribution in [1.82, 2.24) is 15.0 Å². The van der Waals surface area contributed by atoms with E-state index >= 15 is 0 Å². The van der Waals surface area contributed by atoms with E-state index in [4.69, 9.17) is 4.52 Å². The molecule has 4 bridgehead atoms. The summed E-state index contributed by atoms with van der Waals surface area (Å²) in [5.41, 5.74) is 0. The van der Waals surface area contributed by atoms with Crippen molar-refractivity contribution in [1.29, 1.82) is 0 Å². The van der Waals surface area contributed by atoms with Gasteiger partial charge in [0.15, 0.2) is 5.82 Å². The van der Waals surface area contributed by atoms with E-state index in [0.29, 0.717) is 29.5 Å². The summed E-state index contributed by atoms with van der Waals surface area (Å²) in [6.45, 7) is 3.53. The number of aromatic nitrogens is 2. The minimum absolute atomic E-state index is 0.223. The van der Waals surface area contributed by atoms with Crippen molar-refractivity contribution >= 4 is 5.91 Å². The van der Waals surface area contributed by atoms with Crippen LogP contribution in [0.5, 0.6) is 0 Å². The first-order chi connectivity index (χ1) is 11.7. The van der Waals surface area contributed by atoms with Crippen LogP contribution in [0.1, 0.15) is 62.6 Å². The Morgan fingerprint density at radius 3 is 2.46 bits per heavy atom. The van der Waals surface area contributed by atoms with Crippen LogP contribution in [0.3, 0.4) is 0 Å². The fourth-order valence-electron chi connectivity index (χ4n) is 6.40. The van der Waals surface area contributed by atoms with Gasteiger partial charge in [-0.15, -0.1) is 0 Å². The van der Waals surface area contributed by atoms with E-state index in [1.54, 1.807) is 0 Å². The van der Waals surface area contributed by atoms with Crippen molar-refractivity contribution in [2.24, 2.45) is 29.6 Å². The highest BCUT2D eigenvalue weighted by atomic mass is 16.5. The topological polar surface area (TPSA) is 59.2 Å². The Morgan fingerprint density at radius 2 is 1.83 bits per heavy atom. The molecule has 4 saturated carbocycles. The molecule has 0 N–H and O–H groups in total. The van der Waals surface area contributed by atoms with E-state index < -0.39 is 0 Å². The molecule has 0 unspecified atom stereocenters. The fraction of sp³-hybridized carbons (Fsp3) is 0.842. The molecule has 1 aromatic heterocycles. The van der Waals surface area contributed by atoms with Gasteiger partial charge in [-0.1, -0.05) is 5.16 Å². The SMILES string of the molecule is Cc1noc([C@H]2CCCN(C(=O)C3C4CC5CC(C4)CC3C5)C2)n1. The lowest BCUT2D eigenvalue weighted by Crippen LogP contribution is -2.53. The van der Waals surface area contributed by atoms with Gasteiger partial charge in [0.1, 0.15) is 0 Å². The van der Waals surface area contributed by atoms with Gasteiger partial charge in [0.25, 0.3) is 0 Å². The Hall–Kier alpha value is -1.39. The molecular weight excluding hydrogens is 302 g/mol. The molecule has 0 radical (unpaired) electrons. The molecule has 130 valence electrons. The molecule has 5 aliphatic rings. The molecule has 1 amide bonds. The van der Waals surface area contributed by atoms with Crippen LogP contribution in [0.4, 0.5) is 0 Å². The van der Waals surface area contributed by atoms with Crippen LogP contribution in [0, 0.1) is 36.5 Å². The number of carbonyl (C=O) groups is 1. The van der Waals surface area contributed by atoms with Gasteiger partial charge >= 0.3 is 0 Å². The zero-order valence-electron chi connectivity index (χ0n) is 14.5. The molecule has 1 atom stereocenters. The molecule has 5 heteroatoms. The fourth-order valence-corrected chi connectivity index (χ4v) is 6.40. The number of carbonyl (C=O) groups excluding carboxylic acids is 1. The average molecular weight is 329 g/mol. The molecule has 1 aliphatic heterocycles. The van der Waals surface area contributed by atoms with Gasteiger partial charge in [0.05, 0.1) is 5.92 Å². The highest BCUT2D eigenvalue weighted by Gasteiger charge is 2.51. The highest BCUT2D eigenvalue weighted by Crippen LogP contribution is 2.57. The third kappa shape index (κ3) is 2.39. The Balaban J connectivity index is 1.32. The average Bonchev–Trinajstić information content (AvgIpc) is 3.00. The van der Waals surface area contributed by atoms with E-state index in [2.05, 4.69) is 15.0 Å². The number of hydrogen-bond donors (Lipinski definition) is 0. The maximum atomic E-state index is 13.3. The monoisotopic (exact) mass is 329 g/mol. The Bertz CT molecular complexity index is 612. The molecule has 1 saturated heterocycles. The van der Waals surface area contributed by atoms with E-state index in [1.165, 1.54) is 32.1 Å². The summed E-state index contributed by atoms with van der Waals surface area (Å²) < 4.78 is 5.37. The van der Waals surface area contributed by atoms with Crippen LogP contribution in [0.15, 0.2) is 4.52 Å². The van der Waals surface area contributed by atoms with Crippen molar-refractivity contribution < 1.29 is 9.32 Å². The third-order valence-electron chi connectivity index (χ3n) is 7.14. The van der Waals surface area contributed by atoms with Crippen molar-refractivity contribution in [2.75, 3.05) is 13.1 Å².